The highest BCUT2D eigenvalue weighted by Gasteiger charge is 2.24. The molecule has 0 N–H and O–H groups in total. The Labute approximate surface area is 379 Å². The molecule has 0 aromatic carbocycles. The Morgan fingerprint density at radius 1 is 0.500 bits per heavy atom. The number of carbonyl (C=O) groups is 2. The summed E-state index contributed by atoms with van der Waals surface area (Å²) in [5.74, 6) is 0.0674. The lowest BCUT2D eigenvalue weighted by molar-refractivity contribution is -0.870. The average molecular weight is 937 g/mol. The molecule has 3 atom stereocenters. The number of rotatable bonds is 44. The monoisotopic (exact) mass is 937 g/mol. The lowest BCUT2D eigenvalue weighted by Crippen LogP contribution is -3.00. The van der Waals surface area contributed by atoms with Crippen molar-refractivity contribution in [3.05, 3.63) is 0 Å². The van der Waals surface area contributed by atoms with Crippen molar-refractivity contribution in [3.63, 3.8) is 0 Å². The summed E-state index contributed by atoms with van der Waals surface area (Å²) >= 11 is 0. The summed E-state index contributed by atoms with van der Waals surface area (Å²) in [6.07, 6.45) is 40.1. The zero-order valence-electron chi connectivity index (χ0n) is 40.2. The van der Waals surface area contributed by atoms with Crippen LogP contribution in [0.1, 0.15) is 259 Å². The van der Waals surface area contributed by atoms with E-state index in [-0.39, 0.29) is 30.4 Å². The summed E-state index contributed by atoms with van der Waals surface area (Å²) in [4.78, 5) is 28.9. The normalized spacial score (nSPS) is 13.2. The van der Waals surface area contributed by atoms with Crippen molar-refractivity contribution >= 4 is 11.9 Å². The molecule has 0 heterocycles. The summed E-state index contributed by atoms with van der Waals surface area (Å²) in [6, 6.07) is 0.303. The number of ether oxygens (including phenoxy) is 1. The third-order valence-corrected chi connectivity index (χ3v) is 12.3. The number of quaternary nitrogens is 1. The Kier molecular flexibility index (Phi) is 44.4. The maximum Gasteiger partial charge on any atom is 0.340 e. The van der Waals surface area contributed by atoms with Crippen molar-refractivity contribution in [2.75, 3.05) is 40.8 Å². The van der Waals surface area contributed by atoms with Crippen LogP contribution < -0.4 is 24.0 Å². The Balaban J connectivity index is 0. The van der Waals surface area contributed by atoms with Crippen molar-refractivity contribution in [1.82, 2.24) is 4.90 Å². The number of hydrogen-bond acceptors (Lipinski definition) is 3. The molecule has 0 aromatic rings. The molecule has 0 saturated carbocycles. The van der Waals surface area contributed by atoms with Crippen LogP contribution in [0.4, 0.5) is 4.39 Å². The zero-order valence-corrected chi connectivity index (χ0v) is 42.3. The van der Waals surface area contributed by atoms with Crippen LogP contribution in [0.15, 0.2) is 0 Å². The van der Waals surface area contributed by atoms with Crippen LogP contribution >= 0.6 is 0 Å². The smallest absolute Gasteiger partial charge is 0.340 e. The third-order valence-electron chi connectivity index (χ3n) is 12.3. The lowest BCUT2D eigenvalue weighted by Gasteiger charge is -2.33. The second kappa shape index (κ2) is 43.2. The van der Waals surface area contributed by atoms with Gasteiger partial charge in [-0.3, -0.25) is 4.79 Å². The molecule has 0 fully saturated rings. The van der Waals surface area contributed by atoms with Gasteiger partial charge in [0.05, 0.1) is 34.3 Å². The topological polar surface area (TPSA) is 46.6 Å². The maximum atomic E-state index is 15.0. The number of nitrogens with zero attached hydrogens (tertiary/aromatic N) is 2. The van der Waals surface area contributed by atoms with Crippen molar-refractivity contribution < 1.29 is 47.2 Å². The first-order valence-electron chi connectivity index (χ1n) is 25.5. The quantitative estimate of drug-likeness (QED) is 0.0265. The van der Waals surface area contributed by atoms with Crippen molar-refractivity contribution in [2.45, 2.75) is 271 Å². The molecule has 7 heteroatoms. The minimum atomic E-state index is -1.52. The van der Waals surface area contributed by atoms with Crippen molar-refractivity contribution in [3.8, 4) is 0 Å². The lowest BCUT2D eigenvalue weighted by atomic mass is 9.95. The standard InChI is InChI=1S/C51H102FN2O3.HI/c1-8-12-16-20-23-25-30-36-44-53(50(55)43-37-45-54(5,6)7)48(40-33-27-24-21-17-13-9-2)41-34-28-29-35-42-49(52)51(56)57-46-47(38-31-19-15-11-4)39-32-26-22-18-14-10-3;/h47-49H,8-46H2,1-7H3;1H/q+1;/p-1. The largest absolute Gasteiger partial charge is 1.00 e. The Morgan fingerprint density at radius 2 is 0.862 bits per heavy atom. The van der Waals surface area contributed by atoms with E-state index in [4.69, 9.17) is 4.74 Å². The molecule has 0 saturated heterocycles. The Morgan fingerprint density at radius 3 is 1.29 bits per heavy atom. The van der Waals surface area contributed by atoms with Gasteiger partial charge in [-0.1, -0.05) is 201 Å². The molecule has 0 bridgehead atoms. The van der Waals surface area contributed by atoms with Crippen LogP contribution in [0.5, 0.6) is 0 Å². The summed E-state index contributed by atoms with van der Waals surface area (Å²) in [5, 5.41) is 0. The number of hydrogen-bond donors (Lipinski definition) is 0. The average Bonchev–Trinajstić information content (AvgIpc) is 3.18. The van der Waals surface area contributed by atoms with E-state index in [1.165, 1.54) is 154 Å². The molecular weight excluding hydrogens is 834 g/mol. The molecule has 348 valence electrons. The van der Waals surface area contributed by atoms with Crippen LogP contribution in [-0.2, 0) is 14.3 Å². The summed E-state index contributed by atoms with van der Waals surface area (Å²) in [5.41, 5.74) is 0. The van der Waals surface area contributed by atoms with E-state index in [2.05, 4.69) is 53.7 Å². The second-order valence-corrected chi connectivity index (χ2v) is 19.1. The van der Waals surface area contributed by atoms with E-state index < -0.39 is 12.1 Å². The van der Waals surface area contributed by atoms with Crippen LogP contribution in [0.3, 0.4) is 0 Å². The summed E-state index contributed by atoms with van der Waals surface area (Å²) in [6.45, 7) is 11.3. The van der Waals surface area contributed by atoms with Gasteiger partial charge in [0.25, 0.3) is 0 Å². The summed E-state index contributed by atoms with van der Waals surface area (Å²) in [7, 11) is 6.64. The van der Waals surface area contributed by atoms with Crippen molar-refractivity contribution in [1.29, 1.82) is 0 Å². The fourth-order valence-electron chi connectivity index (χ4n) is 8.42. The second-order valence-electron chi connectivity index (χ2n) is 19.1. The first-order valence-corrected chi connectivity index (χ1v) is 25.5. The summed E-state index contributed by atoms with van der Waals surface area (Å²) < 4.78 is 21.5. The van der Waals surface area contributed by atoms with Gasteiger partial charge in [0.2, 0.25) is 5.91 Å². The molecule has 0 rings (SSSR count). The predicted octanol–water partition coefficient (Wildman–Crippen LogP) is 12.5. The van der Waals surface area contributed by atoms with E-state index in [9.17, 15) is 9.59 Å². The van der Waals surface area contributed by atoms with Gasteiger partial charge < -0.3 is 38.1 Å². The van der Waals surface area contributed by atoms with Gasteiger partial charge in [-0.25, -0.2) is 9.18 Å². The molecule has 5 nitrogen and oxygen atoms in total. The minimum Gasteiger partial charge on any atom is -1.00 e. The SMILES string of the molecule is CCCCCCCCCCN(C(=O)CCC[N+](C)(C)C)C(CCCCCCCCC)CCCCCCC(F)C(=O)OCC(CCCCCC)CCCCCCCC.[I-]. The molecule has 1 amide bonds. The molecule has 3 unspecified atom stereocenters. The molecule has 0 radical (unpaired) electrons. The molecule has 0 spiro atoms. The number of esters is 1. The molecular formula is C51H102FIN2O3. The highest BCUT2D eigenvalue weighted by Crippen LogP contribution is 2.23. The first-order chi connectivity index (χ1) is 27.6. The minimum absolute atomic E-state index is 0. The number of amides is 1. The zero-order chi connectivity index (χ0) is 42.2. The molecule has 0 aliphatic rings. The van der Waals surface area contributed by atoms with Gasteiger partial charge in [0, 0.05) is 25.4 Å². The van der Waals surface area contributed by atoms with E-state index >= 15 is 4.39 Å². The van der Waals surface area contributed by atoms with E-state index in [1.807, 2.05) is 0 Å². The number of carbonyl (C=O) groups excluding carboxylic acids is 2. The molecule has 0 aromatic heterocycles. The highest BCUT2D eigenvalue weighted by molar-refractivity contribution is 5.76. The molecule has 0 aliphatic carbocycles. The van der Waals surface area contributed by atoms with Crippen LogP contribution in [0.25, 0.3) is 0 Å². The van der Waals surface area contributed by atoms with Gasteiger partial charge >= 0.3 is 5.97 Å². The molecule has 58 heavy (non-hydrogen) atoms. The van der Waals surface area contributed by atoms with Gasteiger partial charge in [-0.15, -0.1) is 0 Å². The van der Waals surface area contributed by atoms with Crippen LogP contribution in [0.2, 0.25) is 0 Å². The van der Waals surface area contributed by atoms with Crippen LogP contribution in [0, 0.1) is 5.92 Å². The van der Waals surface area contributed by atoms with Gasteiger partial charge in [-0.05, 0) is 50.9 Å². The number of alkyl halides is 1. The highest BCUT2D eigenvalue weighted by atomic mass is 127. The fourth-order valence-corrected chi connectivity index (χ4v) is 8.42. The van der Waals surface area contributed by atoms with Gasteiger partial charge in [-0.2, -0.15) is 0 Å². The van der Waals surface area contributed by atoms with E-state index in [1.54, 1.807) is 0 Å². The number of halogens is 2. The first kappa shape index (κ1) is 59.7. The fraction of sp³-hybridized carbons (Fsp3) is 0.961. The predicted molar refractivity (Wildman–Crippen MR) is 247 cm³/mol. The van der Waals surface area contributed by atoms with E-state index in [0.717, 1.165) is 75.4 Å². The van der Waals surface area contributed by atoms with E-state index in [0.29, 0.717) is 37.3 Å². The van der Waals surface area contributed by atoms with Crippen molar-refractivity contribution in [2.24, 2.45) is 5.92 Å². The van der Waals surface area contributed by atoms with Gasteiger partial charge in [0.1, 0.15) is 0 Å². The third kappa shape index (κ3) is 38.5. The Hall–Kier alpha value is -0.440. The van der Waals surface area contributed by atoms with Gasteiger partial charge in [0.15, 0.2) is 6.17 Å². The number of unbranched alkanes of at least 4 members (excludes halogenated alkanes) is 24. The maximum absolute atomic E-state index is 15.0. The molecule has 0 aliphatic heterocycles. The van der Waals surface area contributed by atoms with Crippen LogP contribution in [-0.4, -0.2) is 74.3 Å². The Bertz CT molecular complexity index is 884.